The van der Waals surface area contributed by atoms with Crippen molar-refractivity contribution < 1.29 is 50.1 Å². The average molecular weight is 627 g/mol. The van der Waals surface area contributed by atoms with E-state index in [0.717, 1.165) is 63.2 Å². The molecule has 248 valence electrons. The minimum absolute atomic E-state index is 0.174. The quantitative estimate of drug-likeness (QED) is 0.0488. The normalized spacial score (nSPS) is 23.9. The molecule has 7 atom stereocenters. The van der Waals surface area contributed by atoms with E-state index >= 15 is 0 Å². The van der Waals surface area contributed by atoms with Crippen LogP contribution in [0.25, 0.3) is 6.08 Å². The van der Waals surface area contributed by atoms with Crippen LogP contribution in [0.4, 0.5) is 4.39 Å². The molecule has 0 aliphatic carbocycles. The number of carbonyl (C=O) groups excluding carboxylic acids is 1. The van der Waals surface area contributed by atoms with Gasteiger partial charge in [0.25, 0.3) is 0 Å². The molecule has 1 saturated heterocycles. The number of esters is 1. The Morgan fingerprint density at radius 2 is 1.86 bits per heavy atom. The van der Waals surface area contributed by atoms with Gasteiger partial charge in [-0.1, -0.05) is 70.1 Å². The number of aliphatic hydroxyl groups is 4. The molecule has 1 aromatic rings. The van der Waals surface area contributed by atoms with E-state index in [0.29, 0.717) is 19.0 Å². The van der Waals surface area contributed by atoms with Gasteiger partial charge in [-0.2, -0.15) is 0 Å². The van der Waals surface area contributed by atoms with E-state index in [4.69, 9.17) is 15.6 Å². The Morgan fingerprint density at radius 3 is 2.59 bits per heavy atom. The Balaban J connectivity index is 1.69. The number of hydrogen-bond acceptors (Lipinski definition) is 10. The van der Waals surface area contributed by atoms with Crippen LogP contribution in [0, 0.1) is 15.9 Å². The van der Waals surface area contributed by atoms with Crippen LogP contribution < -0.4 is 4.74 Å². The van der Waals surface area contributed by atoms with Crippen molar-refractivity contribution in [1.29, 1.82) is 0 Å². The largest absolute Gasteiger partial charge is 0.463 e. The summed E-state index contributed by atoms with van der Waals surface area (Å²) < 4.78 is 38.6. The van der Waals surface area contributed by atoms with E-state index in [-0.39, 0.29) is 23.8 Å². The summed E-state index contributed by atoms with van der Waals surface area (Å²) in [5.41, 5.74) is 0.183. The molecule has 0 bridgehead atoms. The van der Waals surface area contributed by atoms with Gasteiger partial charge in [0, 0.05) is 13.9 Å². The highest BCUT2D eigenvalue weighted by Gasteiger charge is 2.45. The number of hydrogen-bond donors (Lipinski definition) is 4. The lowest BCUT2D eigenvalue weighted by Gasteiger charge is -2.39. The van der Waals surface area contributed by atoms with Crippen LogP contribution in [-0.2, 0) is 14.3 Å². The summed E-state index contributed by atoms with van der Waals surface area (Å²) in [7, 11) is 0. The van der Waals surface area contributed by atoms with Gasteiger partial charge in [-0.05, 0) is 49.8 Å². The van der Waals surface area contributed by atoms with Crippen LogP contribution in [0.2, 0.25) is 0 Å². The first-order chi connectivity index (χ1) is 21.5. The molecule has 1 aliphatic heterocycles. The van der Waals surface area contributed by atoms with Crippen molar-refractivity contribution >= 4 is 12.0 Å². The number of benzene rings is 1. The molecule has 0 radical (unpaired) electrons. The smallest absolute Gasteiger partial charge is 0.305 e. The van der Waals surface area contributed by atoms with Crippen molar-refractivity contribution in [2.75, 3.05) is 6.61 Å². The van der Waals surface area contributed by atoms with Gasteiger partial charge in [-0.25, -0.2) is 4.39 Å². The molecule has 2 unspecified atom stereocenters. The maximum Gasteiger partial charge on any atom is 0.305 e. The van der Waals surface area contributed by atoms with Gasteiger partial charge in [0.2, 0.25) is 12.5 Å². The summed E-state index contributed by atoms with van der Waals surface area (Å²) in [6, 6.07) is 3.45. The van der Waals surface area contributed by atoms with Crippen molar-refractivity contribution in [3.05, 3.63) is 58.0 Å². The first-order valence-electron chi connectivity index (χ1n) is 16.0. The lowest BCUT2D eigenvalue weighted by atomic mass is 9.99. The second kappa shape index (κ2) is 20.9. The van der Waals surface area contributed by atoms with E-state index < -0.39 is 60.4 Å². The molecule has 12 heteroatoms. The molecule has 4 N–H and O–H groups in total. The summed E-state index contributed by atoms with van der Waals surface area (Å²) in [6.45, 7) is 1.66. The van der Waals surface area contributed by atoms with E-state index in [1.165, 1.54) is 18.9 Å². The Labute approximate surface area is 259 Å². The van der Waals surface area contributed by atoms with Gasteiger partial charge < -0.3 is 34.6 Å². The summed E-state index contributed by atoms with van der Waals surface area (Å²) in [6.07, 6.45) is 6.70. The fourth-order valence-electron chi connectivity index (χ4n) is 4.62. The van der Waals surface area contributed by atoms with Gasteiger partial charge >= 0.3 is 5.97 Å². The van der Waals surface area contributed by atoms with Gasteiger partial charge in [0.1, 0.15) is 31.0 Å². The third kappa shape index (κ3) is 14.3. The number of ether oxygens (including phenoxy) is 3. The van der Waals surface area contributed by atoms with Crippen molar-refractivity contribution in [3.8, 4) is 5.75 Å². The maximum absolute atomic E-state index is 14.5. The number of nitro groups is 1. The summed E-state index contributed by atoms with van der Waals surface area (Å²) in [5.74, 6) is -1.98. The SMILES string of the molecule is [2H]C(CCCCC/C=C\C[C@H](O)CCCCCC)CC(=O)OC[C@H]1OC(Oc2ccc(C=C[N+](=O)[O-])cc2F)[C@H](O)[C@@H](O)[C@@H]1O. The van der Waals surface area contributed by atoms with E-state index in [2.05, 4.69) is 13.0 Å². The molecule has 0 spiro atoms. The zero-order valence-corrected chi connectivity index (χ0v) is 25.3. The molecule has 1 fully saturated rings. The zero-order valence-electron chi connectivity index (χ0n) is 26.3. The van der Waals surface area contributed by atoms with Crippen LogP contribution in [0.1, 0.15) is 97.3 Å². The van der Waals surface area contributed by atoms with Crippen molar-refractivity contribution in [3.63, 3.8) is 0 Å². The predicted octanol–water partition coefficient (Wildman–Crippen LogP) is 4.81. The van der Waals surface area contributed by atoms with Crippen LogP contribution in [0.15, 0.2) is 36.6 Å². The minimum Gasteiger partial charge on any atom is -0.463 e. The van der Waals surface area contributed by atoms with E-state index in [9.17, 15) is 39.7 Å². The fourth-order valence-corrected chi connectivity index (χ4v) is 4.62. The Kier molecular flexibility index (Phi) is 16.9. The molecule has 1 heterocycles. The van der Waals surface area contributed by atoms with Gasteiger partial charge in [-0.3, -0.25) is 14.9 Å². The summed E-state index contributed by atoms with van der Waals surface area (Å²) in [4.78, 5) is 22.1. The van der Waals surface area contributed by atoms with E-state index in [1.807, 2.05) is 6.08 Å². The van der Waals surface area contributed by atoms with Crippen LogP contribution in [0.3, 0.4) is 0 Å². The fraction of sp³-hybridized carbons (Fsp3) is 0.656. The molecule has 2 rings (SSSR count). The van der Waals surface area contributed by atoms with Crippen molar-refractivity contribution in [2.45, 2.75) is 127 Å². The van der Waals surface area contributed by atoms with E-state index in [1.54, 1.807) is 0 Å². The van der Waals surface area contributed by atoms with Gasteiger partial charge in [0.15, 0.2) is 11.6 Å². The molecular weight excluding hydrogens is 577 g/mol. The molecule has 11 nitrogen and oxygen atoms in total. The molecule has 44 heavy (non-hydrogen) atoms. The zero-order chi connectivity index (χ0) is 33.2. The standard InChI is InChI=1S/C32H48FNO10/c1-2-3-4-11-14-24(35)15-12-9-7-5-6-8-10-13-16-28(36)42-22-27-29(37)30(38)31(39)32(44-27)43-26-18-17-23(21-25(26)33)19-20-34(40)41/h9,12,17-21,24,27,29-32,35,37-39H,2-8,10-11,13-16,22H2,1H3/b12-9-,20-19?/t24-,27-,29-,30+,31-,32?/m1/s1/i13D/t13?,24-,27-,29-,30+,31-,32?. The Morgan fingerprint density at radius 1 is 1.11 bits per heavy atom. The second-order valence-electron chi connectivity index (χ2n) is 10.9. The monoisotopic (exact) mass is 626 g/mol. The average Bonchev–Trinajstić information content (AvgIpc) is 3.00. The van der Waals surface area contributed by atoms with Crippen LogP contribution >= 0.6 is 0 Å². The molecule has 0 aromatic heterocycles. The number of allylic oxidation sites excluding steroid dienone is 1. The molecule has 0 amide bonds. The Bertz CT molecular complexity index is 1090. The Hall–Kier alpha value is -2.90. The number of unbranched alkanes of at least 4 members (excludes halogenated alkanes) is 6. The molecule has 1 aromatic carbocycles. The summed E-state index contributed by atoms with van der Waals surface area (Å²) in [5, 5.41) is 51.3. The highest BCUT2D eigenvalue weighted by Crippen LogP contribution is 2.27. The second-order valence-corrected chi connectivity index (χ2v) is 10.9. The third-order valence-electron chi connectivity index (χ3n) is 7.22. The topological polar surface area (TPSA) is 169 Å². The first-order valence-corrected chi connectivity index (χ1v) is 15.4. The van der Waals surface area contributed by atoms with Crippen molar-refractivity contribution in [2.24, 2.45) is 0 Å². The van der Waals surface area contributed by atoms with Crippen LogP contribution in [-0.4, -0.2) is 74.7 Å². The maximum atomic E-state index is 14.5. The number of nitrogens with zero attached hydrogens (tertiary/aromatic N) is 1. The van der Waals surface area contributed by atoms with Gasteiger partial charge in [-0.15, -0.1) is 0 Å². The lowest BCUT2D eigenvalue weighted by Crippen LogP contribution is -2.60. The highest BCUT2D eigenvalue weighted by molar-refractivity contribution is 5.69. The van der Waals surface area contributed by atoms with Crippen LogP contribution in [0.5, 0.6) is 5.75 Å². The predicted molar refractivity (Wildman–Crippen MR) is 162 cm³/mol. The minimum atomic E-state index is -1.76. The number of rotatable bonds is 21. The van der Waals surface area contributed by atoms with Gasteiger partial charge in [0.05, 0.1) is 11.0 Å². The number of aliphatic hydroxyl groups excluding tert-OH is 4. The molecular formula is C32H48FNO10. The molecule has 0 saturated carbocycles. The lowest BCUT2D eigenvalue weighted by molar-refractivity contribution is -0.400. The third-order valence-corrected chi connectivity index (χ3v) is 7.22. The summed E-state index contributed by atoms with van der Waals surface area (Å²) >= 11 is 0. The number of carbonyl (C=O) groups is 1. The molecule has 1 aliphatic rings. The highest BCUT2D eigenvalue weighted by atomic mass is 19.1. The number of halogens is 1. The van der Waals surface area contributed by atoms with Crippen molar-refractivity contribution in [1.82, 2.24) is 0 Å². The first kappa shape index (κ1) is 35.6.